The monoisotopic (exact) mass is 500 g/mol. The van der Waals surface area contributed by atoms with Crippen LogP contribution in [0.2, 0.25) is 0 Å². The number of nitrogens with zero attached hydrogens (tertiary/aromatic N) is 2. The van der Waals surface area contributed by atoms with Crippen molar-refractivity contribution in [3.05, 3.63) is 41.4 Å². The standard InChI is InChI=1S/C23H37BrN2O3S/c1-4-16-25(2)17-7-5-6-8-18-29-22-14-12-21(13-15-22)26(3)30(27,28)23-11-9-10-20(24)19-23/h4,9-11,19,21-22H,1,5-8,12-18H2,2-3H3. The van der Waals surface area contributed by atoms with Crippen LogP contribution in [0, 0.1) is 0 Å². The highest BCUT2D eigenvalue weighted by molar-refractivity contribution is 9.10. The molecule has 0 heterocycles. The van der Waals surface area contributed by atoms with Gasteiger partial charge in [0.1, 0.15) is 0 Å². The maximum atomic E-state index is 12.9. The average Bonchev–Trinajstić information content (AvgIpc) is 2.73. The molecule has 0 bridgehead atoms. The highest BCUT2D eigenvalue weighted by Crippen LogP contribution is 2.29. The van der Waals surface area contributed by atoms with E-state index in [-0.39, 0.29) is 12.1 Å². The number of ether oxygens (including phenoxy) is 1. The van der Waals surface area contributed by atoms with Crippen molar-refractivity contribution in [1.82, 2.24) is 9.21 Å². The SMILES string of the molecule is C=CCN(C)CCCCCCOC1CCC(N(C)S(=O)(=O)c2cccc(Br)c2)CC1. The van der Waals surface area contributed by atoms with Crippen molar-refractivity contribution in [2.24, 2.45) is 0 Å². The number of halogens is 1. The number of hydrogen-bond donors (Lipinski definition) is 0. The fraction of sp³-hybridized carbons (Fsp3) is 0.652. The van der Waals surface area contributed by atoms with Crippen molar-refractivity contribution >= 4 is 26.0 Å². The van der Waals surface area contributed by atoms with E-state index in [0.29, 0.717) is 4.90 Å². The fourth-order valence-corrected chi connectivity index (χ4v) is 5.98. The molecule has 0 N–H and O–H groups in total. The van der Waals surface area contributed by atoms with Gasteiger partial charge < -0.3 is 9.64 Å². The van der Waals surface area contributed by atoms with Crippen LogP contribution in [0.5, 0.6) is 0 Å². The fourth-order valence-electron chi connectivity index (χ4n) is 3.96. The Bertz CT molecular complexity index is 749. The number of hydrogen-bond acceptors (Lipinski definition) is 4. The van der Waals surface area contributed by atoms with Crippen LogP contribution in [-0.2, 0) is 14.8 Å². The van der Waals surface area contributed by atoms with E-state index < -0.39 is 10.0 Å². The lowest BCUT2D eigenvalue weighted by molar-refractivity contribution is 0.0156. The molecule has 1 aliphatic carbocycles. The second kappa shape index (κ2) is 13.0. The van der Waals surface area contributed by atoms with Gasteiger partial charge in [0.2, 0.25) is 10.0 Å². The Hall–Kier alpha value is -0.730. The summed E-state index contributed by atoms with van der Waals surface area (Å²) in [4.78, 5) is 2.63. The molecule has 0 radical (unpaired) electrons. The molecule has 30 heavy (non-hydrogen) atoms. The van der Waals surface area contributed by atoms with Crippen LogP contribution in [0.1, 0.15) is 51.4 Å². The zero-order valence-electron chi connectivity index (χ0n) is 18.4. The Morgan fingerprint density at radius 3 is 2.50 bits per heavy atom. The van der Waals surface area contributed by atoms with Gasteiger partial charge in [-0.3, -0.25) is 0 Å². The molecule has 1 fully saturated rings. The third kappa shape index (κ3) is 8.08. The summed E-state index contributed by atoms with van der Waals surface area (Å²) in [5.74, 6) is 0. The summed E-state index contributed by atoms with van der Waals surface area (Å²) in [6.45, 7) is 6.64. The van der Waals surface area contributed by atoms with Gasteiger partial charge in [0.15, 0.2) is 0 Å². The van der Waals surface area contributed by atoms with Gasteiger partial charge in [-0.15, -0.1) is 6.58 Å². The highest BCUT2D eigenvalue weighted by atomic mass is 79.9. The molecule has 1 aromatic rings. The van der Waals surface area contributed by atoms with Gasteiger partial charge in [-0.05, 0) is 70.3 Å². The van der Waals surface area contributed by atoms with E-state index >= 15 is 0 Å². The third-order valence-electron chi connectivity index (χ3n) is 5.86. The largest absolute Gasteiger partial charge is 0.378 e. The first-order valence-corrected chi connectivity index (χ1v) is 13.2. The summed E-state index contributed by atoms with van der Waals surface area (Å²) < 4.78 is 34.2. The van der Waals surface area contributed by atoms with E-state index in [2.05, 4.69) is 34.5 Å². The molecule has 1 aliphatic rings. The minimum absolute atomic E-state index is 0.0430. The van der Waals surface area contributed by atoms with Gasteiger partial charge in [-0.2, -0.15) is 4.31 Å². The lowest BCUT2D eigenvalue weighted by Crippen LogP contribution is -2.40. The molecule has 2 rings (SSSR count). The second-order valence-corrected chi connectivity index (χ2v) is 11.2. The first kappa shape index (κ1) is 25.5. The van der Waals surface area contributed by atoms with Gasteiger partial charge in [0.05, 0.1) is 11.0 Å². The number of rotatable bonds is 13. The lowest BCUT2D eigenvalue weighted by atomic mass is 9.93. The Labute approximate surface area is 191 Å². The smallest absolute Gasteiger partial charge is 0.243 e. The van der Waals surface area contributed by atoms with Gasteiger partial charge >= 0.3 is 0 Å². The van der Waals surface area contributed by atoms with Crippen molar-refractivity contribution in [2.75, 3.05) is 33.8 Å². The van der Waals surface area contributed by atoms with Crippen LogP contribution in [0.15, 0.2) is 46.3 Å². The minimum atomic E-state index is -3.46. The van der Waals surface area contributed by atoms with E-state index in [1.807, 2.05) is 12.1 Å². The minimum Gasteiger partial charge on any atom is -0.378 e. The van der Waals surface area contributed by atoms with Crippen LogP contribution in [0.25, 0.3) is 0 Å². The van der Waals surface area contributed by atoms with Crippen LogP contribution in [0.4, 0.5) is 0 Å². The predicted molar refractivity (Wildman–Crippen MR) is 127 cm³/mol. The van der Waals surface area contributed by atoms with Crippen molar-refractivity contribution in [3.63, 3.8) is 0 Å². The Balaban J connectivity index is 1.64. The summed E-state index contributed by atoms with van der Waals surface area (Å²) in [5.41, 5.74) is 0. The maximum Gasteiger partial charge on any atom is 0.243 e. The first-order chi connectivity index (χ1) is 14.3. The summed E-state index contributed by atoms with van der Waals surface area (Å²) in [5, 5.41) is 0. The van der Waals surface area contributed by atoms with Crippen LogP contribution < -0.4 is 0 Å². The molecule has 0 saturated heterocycles. The highest BCUT2D eigenvalue weighted by Gasteiger charge is 2.31. The van der Waals surface area contributed by atoms with Gasteiger partial charge in [0, 0.05) is 30.7 Å². The van der Waals surface area contributed by atoms with Crippen molar-refractivity contribution in [3.8, 4) is 0 Å². The summed E-state index contributed by atoms with van der Waals surface area (Å²) in [6.07, 6.45) is 10.5. The van der Waals surface area contributed by atoms with E-state index in [1.54, 1.807) is 29.6 Å². The van der Waals surface area contributed by atoms with E-state index in [9.17, 15) is 8.42 Å². The van der Waals surface area contributed by atoms with Gasteiger partial charge in [-0.25, -0.2) is 8.42 Å². The zero-order chi connectivity index (χ0) is 22.0. The molecule has 5 nitrogen and oxygen atoms in total. The summed E-state index contributed by atoms with van der Waals surface area (Å²) in [6, 6.07) is 6.96. The molecule has 0 atom stereocenters. The zero-order valence-corrected chi connectivity index (χ0v) is 20.8. The maximum absolute atomic E-state index is 12.9. The van der Waals surface area contributed by atoms with Gasteiger partial charge in [-0.1, -0.05) is 40.9 Å². The van der Waals surface area contributed by atoms with Crippen molar-refractivity contribution in [2.45, 2.75) is 68.4 Å². The van der Waals surface area contributed by atoms with Crippen LogP contribution in [0.3, 0.4) is 0 Å². The molecule has 0 spiro atoms. The van der Waals surface area contributed by atoms with E-state index in [1.165, 1.54) is 19.3 Å². The van der Waals surface area contributed by atoms with Crippen molar-refractivity contribution < 1.29 is 13.2 Å². The molecular formula is C23H37BrN2O3S. The first-order valence-electron chi connectivity index (χ1n) is 11.0. The van der Waals surface area contributed by atoms with Crippen LogP contribution >= 0.6 is 15.9 Å². The third-order valence-corrected chi connectivity index (χ3v) is 8.26. The Kier molecular flexibility index (Phi) is 11.0. The molecule has 0 amide bonds. The molecule has 0 aliphatic heterocycles. The van der Waals surface area contributed by atoms with Gasteiger partial charge in [0.25, 0.3) is 0 Å². The molecular weight excluding hydrogens is 464 g/mol. The number of benzene rings is 1. The quantitative estimate of drug-likeness (QED) is 0.280. The molecule has 1 aromatic carbocycles. The Morgan fingerprint density at radius 2 is 1.83 bits per heavy atom. The molecule has 0 unspecified atom stereocenters. The van der Waals surface area contributed by atoms with Crippen molar-refractivity contribution in [1.29, 1.82) is 0 Å². The Morgan fingerprint density at radius 1 is 1.13 bits per heavy atom. The molecule has 7 heteroatoms. The molecule has 170 valence electrons. The summed E-state index contributed by atoms with van der Waals surface area (Å²) in [7, 11) is 0.366. The number of sulfonamides is 1. The molecule has 1 saturated carbocycles. The lowest BCUT2D eigenvalue weighted by Gasteiger charge is -2.34. The van der Waals surface area contributed by atoms with Crippen LogP contribution in [-0.4, -0.2) is 63.6 Å². The molecule has 0 aromatic heterocycles. The second-order valence-electron chi connectivity index (χ2n) is 8.25. The summed E-state index contributed by atoms with van der Waals surface area (Å²) >= 11 is 3.36. The van der Waals surface area contributed by atoms with E-state index in [0.717, 1.165) is 56.3 Å². The predicted octanol–water partition coefficient (Wildman–Crippen LogP) is 5.08. The topological polar surface area (TPSA) is 49.9 Å². The number of unbranched alkanes of at least 4 members (excludes halogenated alkanes) is 3. The normalized spacial score (nSPS) is 20.0. The average molecular weight is 502 g/mol. The number of likely N-dealkylation sites (N-methyl/N-ethyl adjacent to an activating group) is 1. The van der Waals surface area contributed by atoms with E-state index in [4.69, 9.17) is 4.74 Å².